The highest BCUT2D eigenvalue weighted by Gasteiger charge is 2.23. The van der Waals surface area contributed by atoms with E-state index in [1.165, 1.54) is 5.56 Å². The number of para-hydroxylation sites is 1. The van der Waals surface area contributed by atoms with Crippen molar-refractivity contribution in [1.29, 1.82) is 0 Å². The smallest absolute Gasteiger partial charge is 0.195 e. The monoisotopic (exact) mass is 339 g/mol. The van der Waals surface area contributed by atoms with Gasteiger partial charge in [-0.05, 0) is 25.5 Å². The highest BCUT2D eigenvalue weighted by molar-refractivity contribution is 6.17. The number of ketones is 1. The number of hydrogen-bond donors (Lipinski definition) is 0. The van der Waals surface area contributed by atoms with Crippen LogP contribution in [0.15, 0.2) is 84.9 Å². The van der Waals surface area contributed by atoms with Gasteiger partial charge in [-0.3, -0.25) is 4.79 Å². The van der Waals surface area contributed by atoms with Crippen molar-refractivity contribution in [3.63, 3.8) is 0 Å². The Balaban J connectivity index is 1.93. The molecule has 0 radical (unpaired) electrons. The molecule has 4 aromatic rings. The number of aromatic nitrogens is 1. The summed E-state index contributed by atoms with van der Waals surface area (Å²) >= 11 is 0. The van der Waals surface area contributed by atoms with E-state index >= 15 is 0 Å². The van der Waals surface area contributed by atoms with Gasteiger partial charge in [0.2, 0.25) is 0 Å². The summed E-state index contributed by atoms with van der Waals surface area (Å²) in [6.45, 7) is 4.24. The number of fused-ring (bicyclic) bond motifs is 1. The van der Waals surface area contributed by atoms with Gasteiger partial charge in [-0.1, -0.05) is 78.9 Å². The first-order valence-corrected chi connectivity index (χ1v) is 8.92. The zero-order valence-corrected chi connectivity index (χ0v) is 15.0. The molecule has 3 aromatic carbocycles. The molecule has 4 rings (SSSR count). The van der Waals surface area contributed by atoms with Gasteiger partial charge in [-0.2, -0.15) is 0 Å². The zero-order valence-electron chi connectivity index (χ0n) is 15.0. The Morgan fingerprint density at radius 2 is 1.38 bits per heavy atom. The number of benzene rings is 3. The Hall–Kier alpha value is -3.13. The predicted molar refractivity (Wildman–Crippen MR) is 107 cm³/mol. The van der Waals surface area contributed by atoms with E-state index in [2.05, 4.69) is 48.7 Å². The van der Waals surface area contributed by atoms with Crippen molar-refractivity contribution >= 4 is 16.7 Å². The highest BCUT2D eigenvalue weighted by Crippen LogP contribution is 2.33. The average Bonchev–Trinajstić information content (AvgIpc) is 3.00. The fourth-order valence-corrected chi connectivity index (χ4v) is 3.79. The Kier molecular flexibility index (Phi) is 4.18. The second kappa shape index (κ2) is 6.64. The van der Waals surface area contributed by atoms with Gasteiger partial charge in [-0.25, -0.2) is 0 Å². The summed E-state index contributed by atoms with van der Waals surface area (Å²) in [5.41, 5.74) is 4.87. The Labute approximate surface area is 153 Å². The molecule has 1 atom stereocenters. The average molecular weight is 339 g/mol. The third-order valence-electron chi connectivity index (χ3n) is 5.09. The Morgan fingerprint density at radius 3 is 2.08 bits per heavy atom. The van der Waals surface area contributed by atoms with Crippen molar-refractivity contribution in [3.05, 3.63) is 107 Å². The molecule has 1 unspecified atom stereocenters. The minimum absolute atomic E-state index is 0.0818. The molecule has 0 saturated heterocycles. The van der Waals surface area contributed by atoms with Crippen molar-refractivity contribution in [3.8, 4) is 0 Å². The normalized spacial score (nSPS) is 12.2. The van der Waals surface area contributed by atoms with Gasteiger partial charge in [-0.15, -0.1) is 0 Å². The quantitative estimate of drug-likeness (QED) is 0.431. The van der Waals surface area contributed by atoms with E-state index in [9.17, 15) is 4.79 Å². The van der Waals surface area contributed by atoms with E-state index in [0.717, 1.165) is 27.7 Å². The van der Waals surface area contributed by atoms with E-state index in [1.807, 2.05) is 54.6 Å². The summed E-state index contributed by atoms with van der Waals surface area (Å²) in [6.07, 6.45) is 0. The van der Waals surface area contributed by atoms with E-state index in [4.69, 9.17) is 0 Å². The summed E-state index contributed by atoms with van der Waals surface area (Å²) in [7, 11) is 0. The largest absolute Gasteiger partial charge is 0.337 e. The van der Waals surface area contributed by atoms with Gasteiger partial charge < -0.3 is 4.57 Å². The topological polar surface area (TPSA) is 22.0 Å². The summed E-state index contributed by atoms with van der Waals surface area (Å²) in [4.78, 5) is 13.2. The first kappa shape index (κ1) is 16.3. The predicted octanol–water partition coefficient (Wildman–Crippen LogP) is 5.79. The maximum absolute atomic E-state index is 13.2. The van der Waals surface area contributed by atoms with Crippen molar-refractivity contribution in [2.75, 3.05) is 0 Å². The molecule has 128 valence electrons. The summed E-state index contributed by atoms with van der Waals surface area (Å²) in [5, 5.41) is 1.02. The second-order valence-electron chi connectivity index (χ2n) is 6.63. The first-order valence-electron chi connectivity index (χ1n) is 8.92. The van der Waals surface area contributed by atoms with Crippen LogP contribution >= 0.6 is 0 Å². The lowest BCUT2D eigenvalue weighted by Crippen LogP contribution is -2.10. The lowest BCUT2D eigenvalue weighted by molar-refractivity contribution is 0.103. The van der Waals surface area contributed by atoms with Crippen molar-refractivity contribution in [2.24, 2.45) is 0 Å². The maximum Gasteiger partial charge on any atom is 0.195 e. The number of carbonyl (C=O) groups is 1. The van der Waals surface area contributed by atoms with Gasteiger partial charge in [0.05, 0.1) is 11.6 Å². The van der Waals surface area contributed by atoms with Crippen LogP contribution in [0.2, 0.25) is 0 Å². The van der Waals surface area contributed by atoms with Crippen LogP contribution in [0.25, 0.3) is 10.9 Å². The Bertz CT molecular complexity index is 1060. The molecule has 0 aliphatic rings. The van der Waals surface area contributed by atoms with Crippen LogP contribution in [-0.4, -0.2) is 10.4 Å². The molecule has 0 spiro atoms. The molecule has 2 heteroatoms. The minimum Gasteiger partial charge on any atom is -0.337 e. The molecule has 0 N–H and O–H groups in total. The van der Waals surface area contributed by atoms with Crippen LogP contribution in [-0.2, 0) is 0 Å². The molecular formula is C24H21NO. The molecule has 0 bridgehead atoms. The van der Waals surface area contributed by atoms with E-state index in [1.54, 1.807) is 0 Å². The van der Waals surface area contributed by atoms with Crippen LogP contribution in [0.4, 0.5) is 0 Å². The summed E-state index contributed by atoms with van der Waals surface area (Å²) in [5.74, 6) is 0.0818. The van der Waals surface area contributed by atoms with Gasteiger partial charge >= 0.3 is 0 Å². The molecule has 0 saturated carbocycles. The lowest BCUT2D eigenvalue weighted by atomic mass is 10.0. The van der Waals surface area contributed by atoms with Gasteiger partial charge in [0.15, 0.2) is 5.78 Å². The molecule has 2 nitrogen and oxygen atoms in total. The molecule has 26 heavy (non-hydrogen) atoms. The number of nitrogens with zero attached hydrogens (tertiary/aromatic N) is 1. The van der Waals surface area contributed by atoms with Crippen molar-refractivity contribution < 1.29 is 4.79 Å². The molecular weight excluding hydrogens is 318 g/mol. The van der Waals surface area contributed by atoms with E-state index < -0.39 is 0 Å². The van der Waals surface area contributed by atoms with Crippen LogP contribution in [0.1, 0.15) is 40.1 Å². The second-order valence-corrected chi connectivity index (χ2v) is 6.63. The van der Waals surface area contributed by atoms with Crippen LogP contribution in [0.5, 0.6) is 0 Å². The standard InChI is InChI=1S/C24H21NO/c1-17(19-11-5-3-6-12-19)25-18(2)23(21-15-9-10-16-22(21)25)24(26)20-13-7-4-8-14-20/h3-17H,1-2H3. The lowest BCUT2D eigenvalue weighted by Gasteiger charge is -2.18. The fourth-order valence-electron chi connectivity index (χ4n) is 3.79. The summed E-state index contributed by atoms with van der Waals surface area (Å²) in [6, 6.07) is 28.3. The van der Waals surface area contributed by atoms with Gasteiger partial charge in [0.1, 0.15) is 0 Å². The third kappa shape index (κ3) is 2.64. The van der Waals surface area contributed by atoms with Crippen LogP contribution in [0, 0.1) is 6.92 Å². The maximum atomic E-state index is 13.2. The molecule has 0 fully saturated rings. The number of rotatable bonds is 4. The van der Waals surface area contributed by atoms with Gasteiger partial charge in [0.25, 0.3) is 0 Å². The SMILES string of the molecule is Cc1c(C(=O)c2ccccc2)c2ccccc2n1C(C)c1ccccc1. The highest BCUT2D eigenvalue weighted by atomic mass is 16.1. The molecule has 1 heterocycles. The zero-order chi connectivity index (χ0) is 18.1. The summed E-state index contributed by atoms with van der Waals surface area (Å²) < 4.78 is 2.28. The molecule has 0 amide bonds. The first-order chi connectivity index (χ1) is 12.7. The van der Waals surface area contributed by atoms with Crippen molar-refractivity contribution in [1.82, 2.24) is 4.57 Å². The van der Waals surface area contributed by atoms with Crippen molar-refractivity contribution in [2.45, 2.75) is 19.9 Å². The van der Waals surface area contributed by atoms with E-state index in [-0.39, 0.29) is 11.8 Å². The fraction of sp³-hybridized carbons (Fsp3) is 0.125. The van der Waals surface area contributed by atoms with E-state index in [0.29, 0.717) is 0 Å². The third-order valence-corrected chi connectivity index (χ3v) is 5.09. The van der Waals surface area contributed by atoms with Gasteiger partial charge in [0, 0.05) is 22.2 Å². The number of hydrogen-bond acceptors (Lipinski definition) is 1. The minimum atomic E-state index is 0.0818. The molecule has 1 aromatic heterocycles. The number of carbonyl (C=O) groups excluding carboxylic acids is 1. The van der Waals surface area contributed by atoms with Crippen LogP contribution in [0.3, 0.4) is 0 Å². The Morgan fingerprint density at radius 1 is 0.808 bits per heavy atom. The molecule has 0 aliphatic carbocycles. The van der Waals surface area contributed by atoms with Crippen LogP contribution < -0.4 is 0 Å². The molecule has 0 aliphatic heterocycles.